The van der Waals surface area contributed by atoms with E-state index in [2.05, 4.69) is 4.99 Å². The Labute approximate surface area is 60.4 Å². The standard InChI is InChI=1S/C8H7NO/c10-7-2-1-6-3-4-9-8(6)5-7/h1-4,8H,5H2/i8D. The van der Waals surface area contributed by atoms with Gasteiger partial charge in [-0.25, -0.2) is 0 Å². The van der Waals surface area contributed by atoms with Gasteiger partial charge in [-0.05, 0) is 17.7 Å². The van der Waals surface area contributed by atoms with Gasteiger partial charge in [0, 0.05) is 12.6 Å². The van der Waals surface area contributed by atoms with Gasteiger partial charge in [0.05, 0.1) is 7.39 Å². The van der Waals surface area contributed by atoms with Crippen LogP contribution < -0.4 is 0 Å². The number of ketones is 1. The number of carbonyl (C=O) groups is 1. The molecule has 2 rings (SSSR count). The summed E-state index contributed by atoms with van der Waals surface area (Å²) in [5.74, 6) is -0.0174. The fourth-order valence-electron chi connectivity index (χ4n) is 1.08. The van der Waals surface area contributed by atoms with Gasteiger partial charge in [0.25, 0.3) is 0 Å². The third-order valence-electron chi connectivity index (χ3n) is 1.61. The van der Waals surface area contributed by atoms with E-state index in [4.69, 9.17) is 1.37 Å². The number of allylic oxidation sites excluding steroid dienone is 2. The number of hydrogen-bond acceptors (Lipinski definition) is 2. The van der Waals surface area contributed by atoms with Crippen LogP contribution in [-0.4, -0.2) is 18.0 Å². The molecule has 0 fully saturated rings. The topological polar surface area (TPSA) is 29.4 Å². The first-order chi connectivity index (χ1) is 5.21. The highest BCUT2D eigenvalue weighted by molar-refractivity contribution is 5.94. The van der Waals surface area contributed by atoms with Gasteiger partial charge in [0.1, 0.15) is 0 Å². The van der Waals surface area contributed by atoms with Crippen molar-refractivity contribution in [1.29, 1.82) is 0 Å². The average Bonchev–Trinajstić information content (AvgIpc) is 2.28. The van der Waals surface area contributed by atoms with Crippen molar-refractivity contribution in [2.75, 3.05) is 0 Å². The molecule has 2 heteroatoms. The first-order valence-electron chi connectivity index (χ1n) is 3.68. The molecule has 1 heterocycles. The lowest BCUT2D eigenvalue weighted by Crippen LogP contribution is -2.13. The van der Waals surface area contributed by atoms with Gasteiger partial charge in [-0.3, -0.25) is 9.79 Å². The molecule has 1 aliphatic carbocycles. The highest BCUT2D eigenvalue weighted by atomic mass is 16.1. The van der Waals surface area contributed by atoms with Crippen LogP contribution >= 0.6 is 0 Å². The minimum atomic E-state index is -0.994. The summed E-state index contributed by atoms with van der Waals surface area (Å²) in [7, 11) is 0. The number of nitrogens with zero attached hydrogens (tertiary/aromatic N) is 1. The summed E-state index contributed by atoms with van der Waals surface area (Å²) in [5.41, 5.74) is 0.817. The van der Waals surface area contributed by atoms with Crippen molar-refractivity contribution in [2.24, 2.45) is 4.99 Å². The van der Waals surface area contributed by atoms with E-state index in [-0.39, 0.29) is 12.2 Å². The third-order valence-corrected chi connectivity index (χ3v) is 1.61. The predicted molar refractivity (Wildman–Crippen MR) is 39.1 cm³/mol. The van der Waals surface area contributed by atoms with Crippen molar-refractivity contribution in [3.63, 3.8) is 0 Å². The van der Waals surface area contributed by atoms with Crippen LogP contribution in [0.1, 0.15) is 7.79 Å². The molecule has 0 amide bonds. The van der Waals surface area contributed by atoms with Gasteiger partial charge in [-0.2, -0.15) is 0 Å². The lowest BCUT2D eigenvalue weighted by molar-refractivity contribution is -0.114. The fourth-order valence-corrected chi connectivity index (χ4v) is 1.08. The molecule has 1 aliphatic heterocycles. The molecule has 0 spiro atoms. The zero-order chi connectivity index (χ0) is 7.90. The molecule has 0 aromatic heterocycles. The number of rotatable bonds is 0. The maximum Gasteiger partial charge on any atom is 0.158 e. The van der Waals surface area contributed by atoms with E-state index in [9.17, 15) is 4.79 Å². The summed E-state index contributed by atoms with van der Waals surface area (Å²) < 4.78 is 7.73. The molecule has 0 saturated carbocycles. The number of aliphatic imine (C=N–C) groups is 1. The normalized spacial score (nSPS) is 37.4. The summed E-state index contributed by atoms with van der Waals surface area (Å²) in [5, 5.41) is 0. The van der Waals surface area contributed by atoms with Gasteiger partial charge in [-0.15, -0.1) is 0 Å². The van der Waals surface area contributed by atoms with E-state index in [0.29, 0.717) is 0 Å². The Morgan fingerprint density at radius 2 is 2.60 bits per heavy atom. The van der Waals surface area contributed by atoms with Crippen molar-refractivity contribution in [2.45, 2.75) is 12.4 Å². The van der Waals surface area contributed by atoms with Crippen LogP contribution in [0, 0.1) is 0 Å². The first kappa shape index (κ1) is 4.61. The molecule has 0 aromatic carbocycles. The molecule has 0 aromatic rings. The van der Waals surface area contributed by atoms with E-state index < -0.39 is 6.02 Å². The van der Waals surface area contributed by atoms with Crippen LogP contribution in [0.15, 0.2) is 28.8 Å². The highest BCUT2D eigenvalue weighted by Gasteiger charge is 2.20. The zero-order valence-corrected chi connectivity index (χ0v) is 5.37. The van der Waals surface area contributed by atoms with Crippen molar-refractivity contribution >= 4 is 12.0 Å². The molecule has 0 saturated heterocycles. The quantitative estimate of drug-likeness (QED) is 0.484. The summed E-state index contributed by atoms with van der Waals surface area (Å²) in [6, 6.07) is -0.994. The molecule has 2 aliphatic rings. The Morgan fingerprint density at radius 3 is 3.50 bits per heavy atom. The second-order valence-electron chi connectivity index (χ2n) is 2.32. The van der Waals surface area contributed by atoms with Crippen LogP contribution in [0.5, 0.6) is 0 Å². The SMILES string of the molecule is [2H]C12CC(=O)C=CC1=CC=N2. The van der Waals surface area contributed by atoms with E-state index in [1.807, 2.05) is 0 Å². The molecular formula is C8H7NO. The predicted octanol–water partition coefficient (Wildman–Crippen LogP) is 0.895. The number of hydrogen-bond donors (Lipinski definition) is 0. The Hall–Kier alpha value is -1.18. The Balaban J connectivity index is 2.46. The molecular weight excluding hydrogens is 126 g/mol. The maximum atomic E-state index is 10.9. The van der Waals surface area contributed by atoms with E-state index in [1.54, 1.807) is 18.4 Å². The van der Waals surface area contributed by atoms with Crippen LogP contribution in [-0.2, 0) is 4.79 Å². The molecule has 10 heavy (non-hydrogen) atoms. The van der Waals surface area contributed by atoms with E-state index in [0.717, 1.165) is 5.57 Å². The van der Waals surface area contributed by atoms with Crippen molar-refractivity contribution in [3.8, 4) is 0 Å². The molecule has 1 unspecified atom stereocenters. The van der Waals surface area contributed by atoms with Crippen LogP contribution in [0.2, 0.25) is 0 Å². The second-order valence-corrected chi connectivity index (χ2v) is 2.32. The molecule has 2 nitrogen and oxygen atoms in total. The fraction of sp³-hybridized carbons (Fsp3) is 0.250. The largest absolute Gasteiger partial charge is 0.295 e. The Kier molecular flexibility index (Phi) is 0.877. The van der Waals surface area contributed by atoms with Crippen LogP contribution in [0.3, 0.4) is 0 Å². The lowest BCUT2D eigenvalue weighted by atomic mass is 9.97. The first-order valence-corrected chi connectivity index (χ1v) is 3.18. The second kappa shape index (κ2) is 1.90. The van der Waals surface area contributed by atoms with Gasteiger partial charge in [0.15, 0.2) is 5.78 Å². The van der Waals surface area contributed by atoms with Gasteiger partial charge in [-0.1, -0.05) is 6.08 Å². The van der Waals surface area contributed by atoms with Crippen molar-refractivity contribution in [3.05, 3.63) is 23.8 Å². The summed E-state index contributed by atoms with van der Waals surface area (Å²) in [4.78, 5) is 14.8. The molecule has 0 bridgehead atoms. The average molecular weight is 134 g/mol. The summed E-state index contributed by atoms with van der Waals surface area (Å²) >= 11 is 0. The Morgan fingerprint density at radius 1 is 1.70 bits per heavy atom. The van der Waals surface area contributed by atoms with E-state index >= 15 is 0 Å². The molecule has 0 radical (unpaired) electrons. The minimum Gasteiger partial charge on any atom is -0.295 e. The summed E-state index contributed by atoms with van der Waals surface area (Å²) in [6.45, 7) is 0. The minimum absolute atomic E-state index is 0.0174. The van der Waals surface area contributed by atoms with Gasteiger partial charge in [0.2, 0.25) is 0 Å². The van der Waals surface area contributed by atoms with Gasteiger partial charge < -0.3 is 0 Å². The number of carbonyl (C=O) groups excluding carboxylic acids is 1. The third kappa shape index (κ3) is 0.727. The van der Waals surface area contributed by atoms with Crippen LogP contribution in [0.25, 0.3) is 0 Å². The van der Waals surface area contributed by atoms with Crippen molar-refractivity contribution in [1.82, 2.24) is 0 Å². The van der Waals surface area contributed by atoms with E-state index in [1.165, 1.54) is 6.08 Å². The number of fused-ring (bicyclic) bond motifs is 1. The monoisotopic (exact) mass is 134 g/mol. The maximum absolute atomic E-state index is 10.9. The van der Waals surface area contributed by atoms with Crippen molar-refractivity contribution < 1.29 is 6.17 Å². The highest BCUT2D eigenvalue weighted by Crippen LogP contribution is 2.20. The summed E-state index contributed by atoms with van der Waals surface area (Å²) in [6.07, 6.45) is 6.73. The zero-order valence-electron chi connectivity index (χ0n) is 6.37. The lowest BCUT2D eigenvalue weighted by Gasteiger charge is -2.11. The molecule has 1 atom stereocenters. The molecule has 0 N–H and O–H groups in total. The smallest absolute Gasteiger partial charge is 0.158 e. The Bertz CT molecular complexity index is 303. The molecule has 50 valence electrons. The van der Waals surface area contributed by atoms with Crippen LogP contribution in [0.4, 0.5) is 0 Å². The van der Waals surface area contributed by atoms with Gasteiger partial charge >= 0.3 is 0 Å².